The van der Waals surface area contributed by atoms with Gasteiger partial charge in [-0.1, -0.05) is 0 Å². The molecule has 2 heterocycles. The molecule has 4 rings (SSSR count). The molecule has 8 nitrogen and oxygen atoms in total. The molecule has 0 saturated carbocycles. The van der Waals surface area contributed by atoms with Crippen LogP contribution in [0.15, 0.2) is 61.1 Å². The topological polar surface area (TPSA) is 99.7 Å². The highest BCUT2D eigenvalue weighted by Crippen LogP contribution is 2.32. The van der Waals surface area contributed by atoms with Gasteiger partial charge in [-0.15, -0.1) is 0 Å². The minimum Gasteiger partial charge on any atom is -0.384 e. The number of benzene rings is 2. The zero-order chi connectivity index (χ0) is 28.9. The van der Waals surface area contributed by atoms with Gasteiger partial charge in [0.25, 0.3) is 5.91 Å². The fraction of sp³-hybridized carbons (Fsp3) is 0.240. The van der Waals surface area contributed by atoms with Crippen molar-refractivity contribution in [3.8, 4) is 22.8 Å². The molecular weight excluding hydrogens is 547 g/mol. The first-order valence-corrected chi connectivity index (χ1v) is 11.7. The molecule has 0 fully saturated rings. The molecule has 1 amide bonds. The fourth-order valence-electron chi connectivity index (χ4n) is 3.71. The van der Waals surface area contributed by atoms with Gasteiger partial charge < -0.3 is 25.5 Å². The van der Waals surface area contributed by atoms with Crippen molar-refractivity contribution in [2.24, 2.45) is 0 Å². The summed E-state index contributed by atoms with van der Waals surface area (Å²) in [5.74, 6) is -1.23. The first kappa shape index (κ1) is 28.6. The summed E-state index contributed by atoms with van der Waals surface area (Å²) in [6.45, 7) is -2.13. The first-order chi connectivity index (χ1) is 18.9. The molecule has 2 aromatic carbocycles. The van der Waals surface area contributed by atoms with Crippen LogP contribution in [0.25, 0.3) is 22.8 Å². The van der Waals surface area contributed by atoms with Crippen molar-refractivity contribution in [3.05, 3.63) is 72.6 Å². The maximum absolute atomic E-state index is 13.4. The molecule has 212 valence electrons. The Labute approximate surface area is 222 Å². The Balaban J connectivity index is 1.45. The van der Waals surface area contributed by atoms with Gasteiger partial charge in [0.15, 0.2) is 5.82 Å². The molecule has 0 spiro atoms. The van der Waals surface area contributed by atoms with Gasteiger partial charge in [-0.25, -0.2) is 14.4 Å². The summed E-state index contributed by atoms with van der Waals surface area (Å²) < 4.78 is 90.3. The van der Waals surface area contributed by atoms with Gasteiger partial charge in [0.05, 0.1) is 18.6 Å². The lowest BCUT2D eigenvalue weighted by Crippen LogP contribution is -2.32. The highest BCUT2D eigenvalue weighted by atomic mass is 19.4. The van der Waals surface area contributed by atoms with Crippen molar-refractivity contribution >= 4 is 17.3 Å². The maximum atomic E-state index is 13.4. The summed E-state index contributed by atoms with van der Waals surface area (Å²) in [5, 5.41) is 7.81. The van der Waals surface area contributed by atoms with Crippen LogP contribution in [0.5, 0.6) is 0 Å². The van der Waals surface area contributed by atoms with Crippen molar-refractivity contribution < 1.29 is 35.5 Å². The summed E-state index contributed by atoms with van der Waals surface area (Å²) in [6, 6.07) is 11.4. The molecule has 0 bridgehead atoms. The number of amides is 1. The van der Waals surface area contributed by atoms with E-state index in [0.29, 0.717) is 16.9 Å². The van der Waals surface area contributed by atoms with E-state index in [-0.39, 0.29) is 36.0 Å². The molecule has 0 aliphatic rings. The Kier molecular flexibility index (Phi) is 8.42. The van der Waals surface area contributed by atoms with Gasteiger partial charge in [-0.3, -0.25) is 4.79 Å². The van der Waals surface area contributed by atoms with Gasteiger partial charge in [0.2, 0.25) is 0 Å². The summed E-state index contributed by atoms with van der Waals surface area (Å²) in [7, 11) is 0. The summed E-state index contributed by atoms with van der Waals surface area (Å²) in [4.78, 5) is 23.7. The first-order valence-electron chi connectivity index (χ1n) is 11.7. The Hall–Kier alpha value is -4.40. The van der Waals surface area contributed by atoms with E-state index in [4.69, 9.17) is 0 Å². The van der Waals surface area contributed by atoms with Crippen molar-refractivity contribution in [2.45, 2.75) is 18.9 Å². The van der Waals surface area contributed by atoms with Gasteiger partial charge in [0.1, 0.15) is 23.7 Å². The molecule has 15 heteroatoms. The van der Waals surface area contributed by atoms with E-state index in [2.05, 4.69) is 30.9 Å². The molecule has 40 heavy (non-hydrogen) atoms. The van der Waals surface area contributed by atoms with E-state index in [1.807, 2.05) is 0 Å². The lowest BCUT2D eigenvalue weighted by atomic mass is 10.1. The fourth-order valence-corrected chi connectivity index (χ4v) is 3.71. The van der Waals surface area contributed by atoms with E-state index in [1.54, 1.807) is 24.3 Å². The van der Waals surface area contributed by atoms with Crippen molar-refractivity contribution in [3.63, 3.8) is 0 Å². The molecule has 0 aliphatic carbocycles. The zero-order valence-electron chi connectivity index (χ0n) is 20.5. The number of hydrogen-bond donors (Lipinski definition) is 4. The number of carbonyl (C=O) groups is 1. The third-order valence-corrected chi connectivity index (χ3v) is 5.44. The summed E-state index contributed by atoms with van der Waals surface area (Å²) in [6.07, 6.45) is -6.63. The molecule has 0 unspecified atom stereocenters. The van der Waals surface area contributed by atoms with Gasteiger partial charge in [-0.2, -0.15) is 26.3 Å². The van der Waals surface area contributed by atoms with E-state index < -0.39 is 37.2 Å². The van der Waals surface area contributed by atoms with Crippen LogP contribution >= 0.6 is 0 Å². The van der Waals surface area contributed by atoms with E-state index in [1.165, 1.54) is 18.3 Å². The van der Waals surface area contributed by atoms with Crippen LogP contribution in [0.4, 0.5) is 42.1 Å². The molecule has 4 N–H and O–H groups in total. The number of alkyl halides is 6. The second-order valence-corrected chi connectivity index (χ2v) is 8.58. The second kappa shape index (κ2) is 11.8. The minimum absolute atomic E-state index is 0.0388. The standard InChI is InChI=1S/C25H22F7N7O/c26-16-3-1-15(2-4-16)20-21(39(14-36-20)13-25(30,31)32)22-35-11-19(38-22)23(40)37-18-7-5-17(6-8-18)34-10-9-33-12-24(27,28)29/h1-8,11,14,33-34H,9-10,12-13H2,(H,35,38)(H,37,40). The number of nitrogens with zero attached hydrogens (tertiary/aromatic N) is 3. The molecule has 0 aliphatic heterocycles. The van der Waals surface area contributed by atoms with Gasteiger partial charge in [0, 0.05) is 36.2 Å². The third-order valence-electron chi connectivity index (χ3n) is 5.44. The van der Waals surface area contributed by atoms with Gasteiger partial charge in [-0.05, 0) is 48.5 Å². The number of carbonyl (C=O) groups excluding carboxylic acids is 1. The lowest BCUT2D eigenvalue weighted by Gasteiger charge is -2.11. The van der Waals surface area contributed by atoms with E-state index in [9.17, 15) is 35.5 Å². The average molecular weight is 569 g/mol. The third kappa shape index (κ3) is 7.81. The molecule has 2 aromatic heterocycles. The number of imidazole rings is 2. The Bertz CT molecular complexity index is 1430. The number of H-pyrrole nitrogens is 1. The normalized spacial score (nSPS) is 12.0. The molecule has 4 aromatic rings. The predicted molar refractivity (Wildman–Crippen MR) is 133 cm³/mol. The second-order valence-electron chi connectivity index (χ2n) is 8.58. The monoisotopic (exact) mass is 569 g/mol. The number of nitrogens with one attached hydrogen (secondary N) is 4. The van der Waals surface area contributed by atoms with Crippen LogP contribution in [0.1, 0.15) is 10.5 Å². The largest absolute Gasteiger partial charge is 0.406 e. The van der Waals surface area contributed by atoms with Gasteiger partial charge >= 0.3 is 12.4 Å². The van der Waals surface area contributed by atoms with Crippen LogP contribution < -0.4 is 16.0 Å². The SMILES string of the molecule is O=C(Nc1ccc(NCCNCC(F)(F)F)cc1)c1c[nH]c(-c2c(-c3ccc(F)cc3)ncn2CC(F)(F)F)n1. The molecule has 0 radical (unpaired) electrons. The van der Waals surface area contributed by atoms with Crippen molar-refractivity contribution in [2.75, 3.05) is 30.3 Å². The van der Waals surface area contributed by atoms with Crippen LogP contribution in [-0.4, -0.2) is 57.4 Å². The van der Waals surface area contributed by atoms with Crippen molar-refractivity contribution in [1.82, 2.24) is 24.8 Å². The maximum Gasteiger partial charge on any atom is 0.406 e. The summed E-state index contributed by atoms with van der Waals surface area (Å²) in [5.41, 5.74) is 1.30. The van der Waals surface area contributed by atoms with Crippen molar-refractivity contribution in [1.29, 1.82) is 0 Å². The van der Waals surface area contributed by atoms with E-state index >= 15 is 0 Å². The highest BCUT2D eigenvalue weighted by molar-refractivity contribution is 6.03. The summed E-state index contributed by atoms with van der Waals surface area (Å²) >= 11 is 0. The Morgan fingerprint density at radius 1 is 0.900 bits per heavy atom. The zero-order valence-corrected chi connectivity index (χ0v) is 20.5. The lowest BCUT2D eigenvalue weighted by molar-refractivity contribution is -0.140. The van der Waals surface area contributed by atoms with Crippen LogP contribution in [0.3, 0.4) is 0 Å². The minimum atomic E-state index is -4.57. The average Bonchev–Trinajstić information content (AvgIpc) is 3.51. The Morgan fingerprint density at radius 3 is 2.23 bits per heavy atom. The number of aromatic amines is 1. The molecular formula is C25H22F7N7O. The number of aromatic nitrogens is 4. The van der Waals surface area contributed by atoms with Crippen LogP contribution in [-0.2, 0) is 6.54 Å². The Morgan fingerprint density at radius 2 is 1.57 bits per heavy atom. The quantitative estimate of drug-likeness (QED) is 0.150. The molecule has 0 atom stereocenters. The number of halogens is 7. The van der Waals surface area contributed by atoms with E-state index in [0.717, 1.165) is 23.0 Å². The number of anilines is 2. The predicted octanol–water partition coefficient (Wildman–Crippen LogP) is 5.46. The van der Waals surface area contributed by atoms with Crippen LogP contribution in [0.2, 0.25) is 0 Å². The highest BCUT2D eigenvalue weighted by Gasteiger charge is 2.31. The number of hydrogen-bond acceptors (Lipinski definition) is 5. The number of rotatable bonds is 10. The smallest absolute Gasteiger partial charge is 0.384 e. The van der Waals surface area contributed by atoms with Crippen LogP contribution in [0, 0.1) is 5.82 Å². The molecule has 0 saturated heterocycles.